The van der Waals surface area contributed by atoms with Gasteiger partial charge < -0.3 is 15.4 Å². The quantitative estimate of drug-likeness (QED) is 0.823. The summed E-state index contributed by atoms with van der Waals surface area (Å²) in [5.74, 6) is 2.96. The van der Waals surface area contributed by atoms with Crippen molar-refractivity contribution in [1.82, 2.24) is 10.6 Å². The highest BCUT2D eigenvalue weighted by molar-refractivity contribution is 5.88. The summed E-state index contributed by atoms with van der Waals surface area (Å²) < 4.78 is 5.13. The minimum atomic E-state index is -0.189. The van der Waals surface area contributed by atoms with E-state index in [2.05, 4.69) is 10.6 Å². The van der Waals surface area contributed by atoms with Gasteiger partial charge in [0.1, 0.15) is 5.75 Å². The van der Waals surface area contributed by atoms with Crippen LogP contribution in [0.5, 0.6) is 5.75 Å². The molecule has 1 aromatic carbocycles. The molecule has 1 aromatic rings. The average Bonchev–Trinajstić information content (AvgIpc) is 2.63. The molecule has 0 aliphatic heterocycles. The van der Waals surface area contributed by atoms with Gasteiger partial charge in [0.05, 0.1) is 13.7 Å². The van der Waals surface area contributed by atoms with Crippen molar-refractivity contribution < 1.29 is 14.3 Å². The van der Waals surface area contributed by atoms with Crippen molar-refractivity contribution in [1.29, 1.82) is 0 Å². The second-order valence-corrected chi connectivity index (χ2v) is 8.51. The zero-order valence-corrected chi connectivity index (χ0v) is 15.4. The maximum atomic E-state index is 12.8. The van der Waals surface area contributed by atoms with E-state index in [0.29, 0.717) is 6.54 Å². The summed E-state index contributed by atoms with van der Waals surface area (Å²) in [7, 11) is 1.63. The highest BCUT2D eigenvalue weighted by Crippen LogP contribution is 2.60. The highest BCUT2D eigenvalue weighted by atomic mass is 16.5. The van der Waals surface area contributed by atoms with Gasteiger partial charge in [-0.3, -0.25) is 9.59 Å². The zero-order chi connectivity index (χ0) is 18.1. The predicted octanol–water partition coefficient (Wildman–Crippen LogP) is 2.64. The lowest BCUT2D eigenvalue weighted by Crippen LogP contribution is -2.54. The van der Waals surface area contributed by atoms with Gasteiger partial charge in [-0.25, -0.2) is 0 Å². The molecule has 0 atom stereocenters. The molecule has 26 heavy (non-hydrogen) atoms. The Balaban J connectivity index is 1.26. The Labute approximate surface area is 154 Å². The molecule has 0 saturated heterocycles. The van der Waals surface area contributed by atoms with Crippen molar-refractivity contribution in [3.63, 3.8) is 0 Å². The fourth-order valence-corrected chi connectivity index (χ4v) is 5.74. The molecule has 0 aromatic heterocycles. The van der Waals surface area contributed by atoms with Crippen LogP contribution in [0.15, 0.2) is 24.3 Å². The third-order valence-corrected chi connectivity index (χ3v) is 6.58. The molecule has 4 aliphatic carbocycles. The maximum Gasteiger partial charge on any atom is 0.239 e. The average molecular weight is 356 g/mol. The van der Waals surface area contributed by atoms with Crippen LogP contribution in [0.4, 0.5) is 0 Å². The molecule has 4 saturated carbocycles. The molecule has 2 amide bonds. The monoisotopic (exact) mass is 356 g/mol. The summed E-state index contributed by atoms with van der Waals surface area (Å²) in [6.07, 6.45) is 7.02. The Morgan fingerprint density at radius 1 is 1.00 bits per heavy atom. The fourth-order valence-electron chi connectivity index (χ4n) is 5.74. The number of rotatable bonds is 6. The fraction of sp³-hybridized carbons (Fsp3) is 0.619. The van der Waals surface area contributed by atoms with Crippen LogP contribution in [0.25, 0.3) is 0 Å². The minimum Gasteiger partial charge on any atom is -0.497 e. The second kappa shape index (κ2) is 6.93. The lowest BCUT2D eigenvalue weighted by atomic mass is 9.49. The topological polar surface area (TPSA) is 67.4 Å². The van der Waals surface area contributed by atoms with E-state index < -0.39 is 0 Å². The van der Waals surface area contributed by atoms with Gasteiger partial charge in [-0.2, -0.15) is 0 Å². The van der Waals surface area contributed by atoms with Crippen LogP contribution in [-0.2, 0) is 16.1 Å². The summed E-state index contributed by atoms with van der Waals surface area (Å²) in [5.41, 5.74) is 0.817. The van der Waals surface area contributed by atoms with Crippen LogP contribution in [-0.4, -0.2) is 25.5 Å². The molecule has 140 valence electrons. The molecule has 0 heterocycles. The van der Waals surface area contributed by atoms with Gasteiger partial charge in [0.25, 0.3) is 0 Å². The van der Waals surface area contributed by atoms with Gasteiger partial charge in [0.2, 0.25) is 11.8 Å². The standard InChI is InChI=1S/C21H28N2O3/c1-26-18-4-2-14(3-5-18)12-22-19(24)13-23-20(25)21-9-15-6-16(10-21)8-17(7-15)11-21/h2-5,15-17H,6-13H2,1H3,(H,22,24)(H,23,25). The number of carbonyl (C=O) groups excluding carboxylic acids is 2. The summed E-state index contributed by atoms with van der Waals surface area (Å²) in [6, 6.07) is 7.59. The predicted molar refractivity (Wildman–Crippen MR) is 98.5 cm³/mol. The van der Waals surface area contributed by atoms with Crippen LogP contribution in [0.2, 0.25) is 0 Å². The van der Waals surface area contributed by atoms with Gasteiger partial charge in [-0.1, -0.05) is 12.1 Å². The molecule has 5 heteroatoms. The Morgan fingerprint density at radius 3 is 2.12 bits per heavy atom. The summed E-state index contributed by atoms with van der Waals surface area (Å²) in [6.45, 7) is 0.521. The van der Waals surface area contributed by atoms with Crippen molar-refractivity contribution in [2.24, 2.45) is 23.2 Å². The van der Waals surface area contributed by atoms with Crippen molar-refractivity contribution in [3.8, 4) is 5.75 Å². The van der Waals surface area contributed by atoms with E-state index in [-0.39, 0.29) is 23.8 Å². The molecule has 5 nitrogen and oxygen atoms in total. The molecule has 4 bridgehead atoms. The molecule has 0 spiro atoms. The maximum absolute atomic E-state index is 12.8. The van der Waals surface area contributed by atoms with Crippen LogP contribution >= 0.6 is 0 Å². The largest absolute Gasteiger partial charge is 0.497 e. The second-order valence-electron chi connectivity index (χ2n) is 8.51. The molecular formula is C21H28N2O3. The van der Waals surface area contributed by atoms with Crippen LogP contribution in [0, 0.1) is 23.2 Å². The van der Waals surface area contributed by atoms with Crippen molar-refractivity contribution in [2.45, 2.75) is 45.1 Å². The van der Waals surface area contributed by atoms with Gasteiger partial charge in [-0.05, 0) is 74.0 Å². The lowest BCUT2D eigenvalue weighted by molar-refractivity contribution is -0.147. The van der Waals surface area contributed by atoms with E-state index in [9.17, 15) is 9.59 Å². The first-order valence-electron chi connectivity index (χ1n) is 9.74. The van der Waals surface area contributed by atoms with E-state index in [1.165, 1.54) is 19.3 Å². The number of nitrogens with one attached hydrogen (secondary N) is 2. The van der Waals surface area contributed by atoms with E-state index in [0.717, 1.165) is 48.3 Å². The third-order valence-electron chi connectivity index (χ3n) is 6.58. The number of carbonyl (C=O) groups is 2. The highest BCUT2D eigenvalue weighted by Gasteiger charge is 2.54. The molecule has 4 aliphatic rings. The first kappa shape index (κ1) is 17.4. The van der Waals surface area contributed by atoms with Crippen LogP contribution in [0.1, 0.15) is 44.1 Å². The number of hydrogen-bond acceptors (Lipinski definition) is 3. The first-order chi connectivity index (χ1) is 12.6. The molecular weight excluding hydrogens is 328 g/mol. The number of ether oxygens (including phenoxy) is 1. The molecule has 4 fully saturated rings. The van der Waals surface area contributed by atoms with Crippen molar-refractivity contribution in [2.75, 3.05) is 13.7 Å². The number of benzene rings is 1. The van der Waals surface area contributed by atoms with Gasteiger partial charge in [0.15, 0.2) is 0 Å². The van der Waals surface area contributed by atoms with Gasteiger partial charge >= 0.3 is 0 Å². The number of amides is 2. The first-order valence-corrected chi connectivity index (χ1v) is 9.74. The summed E-state index contributed by atoms with van der Waals surface area (Å²) >= 11 is 0. The minimum absolute atomic E-state index is 0.0662. The van der Waals surface area contributed by atoms with E-state index in [1.54, 1.807) is 7.11 Å². The molecule has 2 N–H and O–H groups in total. The van der Waals surface area contributed by atoms with Crippen molar-refractivity contribution >= 4 is 11.8 Å². The van der Waals surface area contributed by atoms with Gasteiger partial charge in [-0.15, -0.1) is 0 Å². The SMILES string of the molecule is COc1ccc(CNC(=O)CNC(=O)C23CC4CC(CC(C4)C2)C3)cc1. The van der Waals surface area contributed by atoms with E-state index >= 15 is 0 Å². The molecule has 5 rings (SSSR count). The number of methoxy groups -OCH3 is 1. The smallest absolute Gasteiger partial charge is 0.239 e. The third kappa shape index (κ3) is 3.44. The lowest BCUT2D eigenvalue weighted by Gasteiger charge is -2.55. The molecule has 0 radical (unpaired) electrons. The summed E-state index contributed by atoms with van der Waals surface area (Å²) in [5, 5.41) is 5.79. The zero-order valence-electron chi connectivity index (χ0n) is 15.4. The molecule has 0 unspecified atom stereocenters. The number of hydrogen-bond donors (Lipinski definition) is 2. The Kier molecular flexibility index (Phi) is 4.63. The van der Waals surface area contributed by atoms with Crippen LogP contribution in [0.3, 0.4) is 0 Å². The van der Waals surface area contributed by atoms with E-state index in [4.69, 9.17) is 4.74 Å². The van der Waals surface area contributed by atoms with Crippen LogP contribution < -0.4 is 15.4 Å². The Bertz CT molecular complexity index is 648. The van der Waals surface area contributed by atoms with Crippen molar-refractivity contribution in [3.05, 3.63) is 29.8 Å². The normalized spacial score (nSPS) is 31.5. The Morgan fingerprint density at radius 2 is 1.58 bits per heavy atom. The van der Waals surface area contributed by atoms with Gasteiger partial charge in [0, 0.05) is 12.0 Å². The Hall–Kier alpha value is -2.04. The summed E-state index contributed by atoms with van der Waals surface area (Å²) in [4.78, 5) is 25.0. The van der Waals surface area contributed by atoms with E-state index in [1.807, 2.05) is 24.3 Å².